The van der Waals surface area contributed by atoms with Crippen LogP contribution in [-0.2, 0) is 19.6 Å². The van der Waals surface area contributed by atoms with Gasteiger partial charge in [0.2, 0.25) is 21.8 Å². The van der Waals surface area contributed by atoms with Crippen molar-refractivity contribution in [3.8, 4) is 17.5 Å². The van der Waals surface area contributed by atoms with Crippen LogP contribution in [0.3, 0.4) is 0 Å². The maximum absolute atomic E-state index is 13.0. The second-order valence-electron chi connectivity index (χ2n) is 8.66. The van der Waals surface area contributed by atoms with Gasteiger partial charge in [-0.1, -0.05) is 18.5 Å². The molecule has 2 amide bonds. The van der Waals surface area contributed by atoms with Gasteiger partial charge in [0.15, 0.2) is 0 Å². The molecule has 0 aliphatic rings. The number of nitrogens with one attached hydrogen (secondary N) is 3. The number of phenols is 1. The quantitative estimate of drug-likeness (QED) is 0.273. The number of carbonyl (C=O) groups excluding carboxylic acids is 2. The van der Waals surface area contributed by atoms with Gasteiger partial charge in [-0.2, -0.15) is 10.4 Å². The van der Waals surface area contributed by atoms with Gasteiger partial charge in [-0.25, -0.2) is 17.8 Å². The normalized spacial score (nSPS) is 12.8. The molecule has 2 heterocycles. The highest BCUT2D eigenvalue weighted by Crippen LogP contribution is 2.34. The molecular weight excluding hydrogens is 534 g/mol. The third-order valence-electron chi connectivity index (χ3n) is 5.39. The number of anilines is 2. The summed E-state index contributed by atoms with van der Waals surface area (Å²) < 4.78 is 29.2. The van der Waals surface area contributed by atoms with E-state index in [2.05, 4.69) is 25.4 Å². The number of aromatic nitrogens is 3. The fourth-order valence-electron chi connectivity index (χ4n) is 3.55. The SMILES string of the molecule is Cc1ccc(S(=O)(=O)NC(C)CC(C)C(=O)Nc2cc(O)c(NC(=O)CC#N)cc2-n2cc(Cl)cn2)cn1. The van der Waals surface area contributed by atoms with Crippen molar-refractivity contribution in [1.82, 2.24) is 19.5 Å². The Morgan fingerprint density at radius 1 is 1.18 bits per heavy atom. The highest BCUT2D eigenvalue weighted by molar-refractivity contribution is 7.89. The predicted molar refractivity (Wildman–Crippen MR) is 140 cm³/mol. The number of phenolic OH excluding ortho intramolecular Hbond substituents is 1. The van der Waals surface area contributed by atoms with Crippen LogP contribution in [0.2, 0.25) is 5.02 Å². The van der Waals surface area contributed by atoms with E-state index in [1.807, 2.05) is 0 Å². The molecule has 2 aromatic heterocycles. The Bertz CT molecular complexity index is 1480. The van der Waals surface area contributed by atoms with E-state index in [9.17, 15) is 23.1 Å². The molecular formula is C24H26ClN7O5S. The van der Waals surface area contributed by atoms with Gasteiger partial charge < -0.3 is 15.7 Å². The van der Waals surface area contributed by atoms with E-state index in [-0.39, 0.29) is 34.1 Å². The molecule has 12 nitrogen and oxygen atoms in total. The second kappa shape index (κ2) is 12.0. The molecule has 200 valence electrons. The number of sulfonamides is 1. The number of nitriles is 1. The molecule has 0 saturated heterocycles. The van der Waals surface area contributed by atoms with Gasteiger partial charge in [-0.3, -0.25) is 14.6 Å². The minimum Gasteiger partial charge on any atom is -0.506 e. The van der Waals surface area contributed by atoms with Crippen molar-refractivity contribution < 1.29 is 23.1 Å². The number of rotatable bonds is 10. The van der Waals surface area contributed by atoms with Gasteiger partial charge >= 0.3 is 0 Å². The van der Waals surface area contributed by atoms with Gasteiger partial charge in [-0.05, 0) is 38.5 Å². The van der Waals surface area contributed by atoms with E-state index < -0.39 is 40.2 Å². The third-order valence-corrected chi connectivity index (χ3v) is 7.16. The first-order chi connectivity index (χ1) is 17.9. The number of amides is 2. The van der Waals surface area contributed by atoms with Crippen molar-refractivity contribution in [2.24, 2.45) is 5.92 Å². The largest absolute Gasteiger partial charge is 0.506 e. The Balaban J connectivity index is 1.77. The molecule has 3 aromatic rings. The zero-order valence-corrected chi connectivity index (χ0v) is 22.3. The Morgan fingerprint density at radius 3 is 2.53 bits per heavy atom. The first-order valence-electron chi connectivity index (χ1n) is 11.4. The summed E-state index contributed by atoms with van der Waals surface area (Å²) in [5, 5.41) is 28.7. The molecule has 1 aromatic carbocycles. The summed E-state index contributed by atoms with van der Waals surface area (Å²) in [7, 11) is -3.83. The van der Waals surface area contributed by atoms with Crippen molar-refractivity contribution in [3.05, 3.63) is 53.6 Å². The number of carbonyl (C=O) groups is 2. The maximum Gasteiger partial charge on any atom is 0.242 e. The van der Waals surface area contributed by atoms with Crippen LogP contribution < -0.4 is 15.4 Å². The van der Waals surface area contributed by atoms with Crippen LogP contribution in [0.1, 0.15) is 32.4 Å². The zero-order valence-electron chi connectivity index (χ0n) is 20.8. The average molecular weight is 560 g/mol. The predicted octanol–water partition coefficient (Wildman–Crippen LogP) is 3.12. The summed E-state index contributed by atoms with van der Waals surface area (Å²) >= 11 is 5.99. The minimum atomic E-state index is -3.83. The van der Waals surface area contributed by atoms with Crippen LogP contribution in [0.5, 0.6) is 5.75 Å². The summed E-state index contributed by atoms with van der Waals surface area (Å²) in [6, 6.07) is 6.78. The number of pyridine rings is 1. The fourth-order valence-corrected chi connectivity index (χ4v) is 4.89. The van der Waals surface area contributed by atoms with Crippen molar-refractivity contribution in [3.63, 3.8) is 0 Å². The van der Waals surface area contributed by atoms with E-state index in [0.717, 1.165) is 0 Å². The smallest absolute Gasteiger partial charge is 0.242 e. The lowest BCUT2D eigenvalue weighted by Gasteiger charge is -2.20. The Labute approximate surface area is 224 Å². The van der Waals surface area contributed by atoms with Gasteiger partial charge in [0.25, 0.3) is 0 Å². The zero-order chi connectivity index (χ0) is 28.0. The molecule has 4 N–H and O–H groups in total. The number of aryl methyl sites for hydroxylation is 1. The number of nitrogens with zero attached hydrogens (tertiary/aromatic N) is 4. The van der Waals surface area contributed by atoms with Crippen molar-refractivity contribution in [1.29, 1.82) is 5.26 Å². The van der Waals surface area contributed by atoms with Crippen LogP contribution in [0.15, 0.2) is 47.8 Å². The van der Waals surface area contributed by atoms with Crippen LogP contribution in [0, 0.1) is 24.2 Å². The molecule has 0 aliphatic carbocycles. The third kappa shape index (κ3) is 7.28. The number of hydrogen-bond donors (Lipinski definition) is 4. The molecule has 0 radical (unpaired) electrons. The Hall–Kier alpha value is -3.99. The Morgan fingerprint density at radius 2 is 1.92 bits per heavy atom. The molecule has 38 heavy (non-hydrogen) atoms. The fraction of sp³-hybridized carbons (Fsp3) is 0.292. The lowest BCUT2D eigenvalue weighted by atomic mass is 10.0. The van der Waals surface area contributed by atoms with Crippen LogP contribution in [0.4, 0.5) is 11.4 Å². The number of aromatic hydroxyl groups is 1. The van der Waals surface area contributed by atoms with Crippen molar-refractivity contribution in [2.45, 2.75) is 44.6 Å². The minimum absolute atomic E-state index is 0.00606. The van der Waals surface area contributed by atoms with Crippen molar-refractivity contribution >= 4 is 44.8 Å². The van der Waals surface area contributed by atoms with Crippen LogP contribution >= 0.6 is 11.6 Å². The molecule has 0 fully saturated rings. The molecule has 0 spiro atoms. The Kier molecular flexibility index (Phi) is 9.05. The molecule has 0 saturated carbocycles. The molecule has 0 aliphatic heterocycles. The number of halogens is 1. The lowest BCUT2D eigenvalue weighted by molar-refractivity contribution is -0.119. The van der Waals surface area contributed by atoms with Gasteiger partial charge in [0, 0.05) is 36.1 Å². The monoisotopic (exact) mass is 559 g/mol. The van der Waals surface area contributed by atoms with E-state index in [1.165, 1.54) is 41.5 Å². The van der Waals surface area contributed by atoms with E-state index in [0.29, 0.717) is 10.7 Å². The lowest BCUT2D eigenvalue weighted by Crippen LogP contribution is -2.36. The van der Waals surface area contributed by atoms with Crippen LogP contribution in [0.25, 0.3) is 5.69 Å². The highest BCUT2D eigenvalue weighted by Gasteiger charge is 2.23. The highest BCUT2D eigenvalue weighted by atomic mass is 35.5. The standard InChI is InChI=1S/C24H26ClN7O5S/c1-14(8-16(3)31-38(36,37)18-5-4-15(2)27-12-18)24(35)30-19-10-22(33)20(29-23(34)6-7-26)9-21(19)32-13-17(25)11-28-32/h4-5,9-14,16,31,33H,6,8H2,1-3H3,(H,29,34)(H,30,35). The summed E-state index contributed by atoms with van der Waals surface area (Å²) in [6.07, 6.45) is 3.85. The van der Waals surface area contributed by atoms with Crippen molar-refractivity contribution in [2.75, 3.05) is 10.6 Å². The number of hydrogen-bond acceptors (Lipinski definition) is 8. The maximum atomic E-state index is 13.0. The van der Waals surface area contributed by atoms with E-state index >= 15 is 0 Å². The van der Waals surface area contributed by atoms with Gasteiger partial charge in [0.05, 0.1) is 34.4 Å². The molecule has 3 rings (SSSR count). The first-order valence-corrected chi connectivity index (χ1v) is 13.3. The molecule has 14 heteroatoms. The van der Waals surface area contributed by atoms with Gasteiger partial charge in [-0.15, -0.1) is 0 Å². The molecule has 0 bridgehead atoms. The summed E-state index contributed by atoms with van der Waals surface area (Å²) in [5.41, 5.74) is 1.13. The summed E-state index contributed by atoms with van der Waals surface area (Å²) in [4.78, 5) is 28.9. The topological polar surface area (TPSA) is 179 Å². The average Bonchev–Trinajstić information content (AvgIpc) is 3.26. The number of benzene rings is 1. The second-order valence-corrected chi connectivity index (χ2v) is 10.8. The van der Waals surface area contributed by atoms with Gasteiger partial charge in [0.1, 0.15) is 17.1 Å². The van der Waals surface area contributed by atoms with E-state index in [4.69, 9.17) is 16.9 Å². The summed E-state index contributed by atoms with van der Waals surface area (Å²) in [6.45, 7) is 5.02. The van der Waals surface area contributed by atoms with Crippen LogP contribution in [-0.4, -0.2) is 46.1 Å². The first kappa shape index (κ1) is 28.6. The van der Waals surface area contributed by atoms with E-state index in [1.54, 1.807) is 32.9 Å². The molecule has 2 atom stereocenters. The molecule has 2 unspecified atom stereocenters. The summed E-state index contributed by atoms with van der Waals surface area (Å²) in [5.74, 6) is -2.08.